The topological polar surface area (TPSA) is 59.0 Å². The fourth-order valence-corrected chi connectivity index (χ4v) is 3.39. The highest BCUT2D eigenvalue weighted by Gasteiger charge is 2.61. The van der Waals surface area contributed by atoms with Crippen LogP contribution in [0.5, 0.6) is 0 Å². The Hall–Kier alpha value is -0.790. The molecule has 0 spiro atoms. The number of halogens is 2. The molecule has 2 rings (SSSR count). The Labute approximate surface area is 129 Å². The molecule has 0 aromatic carbocycles. The number of hydrogen-bond donors (Lipinski definition) is 1. The van der Waals surface area contributed by atoms with E-state index in [0.29, 0.717) is 12.8 Å². The van der Waals surface area contributed by atoms with Crippen molar-refractivity contribution in [2.24, 2.45) is 0 Å². The molecule has 1 amide bonds. The van der Waals surface area contributed by atoms with E-state index in [1.165, 1.54) is 7.11 Å². The molecule has 7 heteroatoms. The van der Waals surface area contributed by atoms with E-state index in [4.69, 9.17) is 9.47 Å². The van der Waals surface area contributed by atoms with Gasteiger partial charge in [-0.1, -0.05) is 12.8 Å². The van der Waals surface area contributed by atoms with Crippen molar-refractivity contribution in [3.05, 3.63) is 0 Å². The van der Waals surface area contributed by atoms with E-state index in [1.807, 2.05) is 0 Å². The second-order valence-electron chi connectivity index (χ2n) is 6.95. The molecule has 5 nitrogen and oxygen atoms in total. The normalized spacial score (nSPS) is 27.9. The minimum Gasteiger partial charge on any atom is -0.383 e. The average molecular weight is 321 g/mol. The Morgan fingerprint density at radius 2 is 2.00 bits per heavy atom. The maximum atomic E-state index is 14.5. The van der Waals surface area contributed by atoms with Crippen molar-refractivity contribution in [3.63, 3.8) is 0 Å². The number of hydrogen-bond acceptors (Lipinski definition) is 4. The van der Waals surface area contributed by atoms with Gasteiger partial charge in [-0.3, -0.25) is 4.79 Å². The average Bonchev–Trinajstić information content (AvgIpc) is 2.85. The van der Waals surface area contributed by atoms with Gasteiger partial charge in [-0.15, -0.1) is 0 Å². The number of nitrogens with zero attached hydrogens (tertiary/aromatic N) is 1. The summed E-state index contributed by atoms with van der Waals surface area (Å²) < 4.78 is 39.8. The van der Waals surface area contributed by atoms with Crippen molar-refractivity contribution in [3.8, 4) is 0 Å². The van der Waals surface area contributed by atoms with E-state index in [1.54, 1.807) is 13.8 Å². The molecule has 1 heterocycles. The van der Waals surface area contributed by atoms with Gasteiger partial charge in [0.1, 0.15) is 5.60 Å². The third kappa shape index (κ3) is 3.26. The number of alkyl halides is 2. The van der Waals surface area contributed by atoms with Crippen molar-refractivity contribution >= 4 is 5.91 Å². The summed E-state index contributed by atoms with van der Waals surface area (Å²) in [5.74, 6) is -5.08. The highest BCUT2D eigenvalue weighted by Crippen LogP contribution is 2.43. The fraction of sp³-hybridized carbons (Fsp3) is 0.933. The third-order valence-electron chi connectivity index (χ3n) is 4.40. The standard InChI is InChI=1S/C15H25F2NO4/c1-13(2)10-18(8-11(22-13)9-21-3)12(19)15(16,17)14(20)6-4-5-7-14/h11,20H,4-10H2,1-3H3/t11-/m1/s1. The number of morpholine rings is 1. The molecule has 0 radical (unpaired) electrons. The van der Waals surface area contributed by atoms with E-state index >= 15 is 0 Å². The second-order valence-corrected chi connectivity index (χ2v) is 6.95. The van der Waals surface area contributed by atoms with Crippen molar-refractivity contribution in [1.82, 2.24) is 4.90 Å². The first-order valence-corrected chi connectivity index (χ1v) is 7.68. The minimum absolute atomic E-state index is 0.0407. The first-order chi connectivity index (χ1) is 10.1. The van der Waals surface area contributed by atoms with E-state index in [0.717, 1.165) is 4.90 Å². The van der Waals surface area contributed by atoms with E-state index < -0.39 is 29.1 Å². The van der Waals surface area contributed by atoms with E-state index in [-0.39, 0.29) is 32.5 Å². The van der Waals surface area contributed by atoms with Crippen LogP contribution < -0.4 is 0 Å². The van der Waals surface area contributed by atoms with Crippen molar-refractivity contribution in [2.75, 3.05) is 26.8 Å². The SMILES string of the molecule is COC[C@H]1CN(C(=O)C(F)(F)C2(O)CCCC2)CC(C)(C)O1. The van der Waals surface area contributed by atoms with Crippen molar-refractivity contribution in [1.29, 1.82) is 0 Å². The monoisotopic (exact) mass is 321 g/mol. The van der Waals surface area contributed by atoms with Crippen LogP contribution in [-0.4, -0.2) is 65.9 Å². The lowest BCUT2D eigenvalue weighted by molar-refractivity contribution is -0.214. The molecule has 22 heavy (non-hydrogen) atoms. The predicted molar refractivity (Wildman–Crippen MR) is 75.8 cm³/mol. The quantitative estimate of drug-likeness (QED) is 0.854. The molecule has 1 saturated carbocycles. The molecule has 1 aliphatic heterocycles. The maximum Gasteiger partial charge on any atom is 0.352 e. The molecule has 1 saturated heterocycles. The molecule has 0 unspecified atom stereocenters. The van der Waals surface area contributed by atoms with Crippen molar-refractivity contribution in [2.45, 2.75) is 62.8 Å². The van der Waals surface area contributed by atoms with Gasteiger partial charge in [0.2, 0.25) is 0 Å². The zero-order valence-corrected chi connectivity index (χ0v) is 13.4. The van der Waals surface area contributed by atoms with Gasteiger partial charge in [0.05, 0.1) is 18.3 Å². The second kappa shape index (κ2) is 6.02. The number of methoxy groups -OCH3 is 1. The summed E-state index contributed by atoms with van der Waals surface area (Å²) in [5.41, 5.74) is -2.95. The largest absolute Gasteiger partial charge is 0.383 e. The molecular weight excluding hydrogens is 296 g/mol. The van der Waals surface area contributed by atoms with E-state index in [2.05, 4.69) is 0 Å². The lowest BCUT2D eigenvalue weighted by Gasteiger charge is -2.44. The van der Waals surface area contributed by atoms with Crippen LogP contribution in [0.25, 0.3) is 0 Å². The Kier molecular flexibility index (Phi) is 4.80. The zero-order chi connectivity index (χ0) is 16.6. The summed E-state index contributed by atoms with van der Waals surface area (Å²) in [4.78, 5) is 13.5. The summed E-state index contributed by atoms with van der Waals surface area (Å²) in [5, 5.41) is 10.2. The molecule has 0 aromatic heterocycles. The van der Waals surface area contributed by atoms with Crippen molar-refractivity contribution < 1.29 is 28.2 Å². The van der Waals surface area contributed by atoms with Crippen LogP contribution in [0.1, 0.15) is 39.5 Å². The predicted octanol–water partition coefficient (Wildman–Crippen LogP) is 1.58. The highest BCUT2D eigenvalue weighted by molar-refractivity contribution is 5.85. The number of ether oxygens (including phenoxy) is 2. The van der Waals surface area contributed by atoms with Gasteiger partial charge in [0.25, 0.3) is 5.91 Å². The summed E-state index contributed by atoms with van der Waals surface area (Å²) in [7, 11) is 1.49. The molecule has 2 fully saturated rings. The summed E-state index contributed by atoms with van der Waals surface area (Å²) in [6.07, 6.45) is 0.495. The van der Waals surface area contributed by atoms with Gasteiger partial charge in [0, 0.05) is 20.2 Å². The van der Waals surface area contributed by atoms with Crippen LogP contribution >= 0.6 is 0 Å². The Balaban J connectivity index is 2.16. The molecule has 1 atom stereocenters. The molecular formula is C15H25F2NO4. The molecule has 0 aromatic rings. The van der Waals surface area contributed by atoms with Gasteiger partial charge in [-0.05, 0) is 26.7 Å². The summed E-state index contributed by atoms with van der Waals surface area (Å²) >= 11 is 0. The van der Waals surface area contributed by atoms with Gasteiger partial charge in [-0.25, -0.2) is 0 Å². The molecule has 1 aliphatic carbocycles. The van der Waals surface area contributed by atoms with Gasteiger partial charge >= 0.3 is 5.92 Å². The number of amides is 1. The van der Waals surface area contributed by atoms with Crippen LogP contribution in [0.2, 0.25) is 0 Å². The Morgan fingerprint density at radius 1 is 1.41 bits per heavy atom. The van der Waals surface area contributed by atoms with Crippen LogP contribution in [0.15, 0.2) is 0 Å². The van der Waals surface area contributed by atoms with Crippen LogP contribution in [0.3, 0.4) is 0 Å². The number of rotatable bonds is 4. The van der Waals surface area contributed by atoms with Gasteiger partial charge in [-0.2, -0.15) is 8.78 Å². The maximum absolute atomic E-state index is 14.5. The minimum atomic E-state index is -3.77. The lowest BCUT2D eigenvalue weighted by atomic mass is 9.91. The molecule has 1 N–H and O–H groups in total. The molecule has 128 valence electrons. The Bertz CT molecular complexity index is 422. The first-order valence-electron chi connectivity index (χ1n) is 7.68. The third-order valence-corrected chi connectivity index (χ3v) is 4.40. The van der Waals surface area contributed by atoms with Crippen LogP contribution in [0.4, 0.5) is 8.78 Å². The smallest absolute Gasteiger partial charge is 0.352 e. The van der Waals surface area contributed by atoms with Gasteiger partial charge < -0.3 is 19.5 Å². The zero-order valence-electron chi connectivity index (χ0n) is 13.4. The number of carbonyl (C=O) groups excluding carboxylic acids is 1. The summed E-state index contributed by atoms with van der Waals surface area (Å²) in [6.45, 7) is 3.83. The van der Waals surface area contributed by atoms with E-state index in [9.17, 15) is 18.7 Å². The lowest BCUT2D eigenvalue weighted by Crippen LogP contribution is -2.63. The van der Waals surface area contributed by atoms with Gasteiger partial charge in [0.15, 0.2) is 0 Å². The number of aliphatic hydroxyl groups is 1. The number of carbonyl (C=O) groups is 1. The summed E-state index contributed by atoms with van der Waals surface area (Å²) in [6, 6.07) is 0. The molecule has 0 bridgehead atoms. The first kappa shape index (κ1) is 17.6. The molecule has 2 aliphatic rings. The Morgan fingerprint density at radius 3 is 2.55 bits per heavy atom. The van der Waals surface area contributed by atoms with Crippen LogP contribution in [-0.2, 0) is 14.3 Å². The highest BCUT2D eigenvalue weighted by atomic mass is 19.3. The van der Waals surface area contributed by atoms with Crippen LogP contribution in [0, 0.1) is 0 Å². The fourth-order valence-electron chi connectivity index (χ4n) is 3.39.